The second-order valence-electron chi connectivity index (χ2n) is 6.66. The van der Waals surface area contributed by atoms with Crippen LogP contribution in [0.3, 0.4) is 0 Å². The van der Waals surface area contributed by atoms with E-state index in [4.69, 9.17) is 0 Å². The molecule has 1 N–H and O–H groups in total. The van der Waals surface area contributed by atoms with Gasteiger partial charge in [-0.1, -0.05) is 44.2 Å². The van der Waals surface area contributed by atoms with Crippen LogP contribution in [-0.4, -0.2) is 14.5 Å². The average molecular weight is 304 g/mol. The quantitative estimate of drug-likeness (QED) is 0.867. The molecule has 2 fully saturated rings. The molecule has 1 aromatic rings. The van der Waals surface area contributed by atoms with Gasteiger partial charge in [0.05, 0.1) is 10.3 Å². The molecule has 3 nitrogen and oxygen atoms in total. The van der Waals surface area contributed by atoms with E-state index in [-0.39, 0.29) is 11.2 Å². The highest BCUT2D eigenvalue weighted by Crippen LogP contribution is 2.67. The van der Waals surface area contributed by atoms with Crippen molar-refractivity contribution in [2.45, 2.75) is 33.1 Å². The van der Waals surface area contributed by atoms with Gasteiger partial charge in [-0.25, -0.2) is 4.21 Å². The predicted molar refractivity (Wildman–Crippen MR) is 83.8 cm³/mol. The minimum atomic E-state index is -2.13. The Labute approximate surface area is 127 Å². The Balaban J connectivity index is 2.16. The van der Waals surface area contributed by atoms with Crippen molar-refractivity contribution in [3.8, 4) is 0 Å². The van der Waals surface area contributed by atoms with Crippen molar-refractivity contribution in [3.63, 3.8) is 0 Å². The molecule has 0 amide bonds. The maximum atomic E-state index is 12.6. The summed E-state index contributed by atoms with van der Waals surface area (Å²) in [4.78, 5) is 13.0. The molecule has 2 aliphatic rings. The lowest BCUT2D eigenvalue weighted by Crippen LogP contribution is -2.39. The summed E-state index contributed by atoms with van der Waals surface area (Å²) >= 11 is -2.13. The maximum absolute atomic E-state index is 12.6. The first kappa shape index (κ1) is 14.7. The average Bonchev–Trinajstić information content (AvgIpc) is 2.80. The first-order chi connectivity index (χ1) is 9.89. The number of Topliss-reactive ketones (excluding diaryl/α,β-unsaturated/α-hetero) is 1. The maximum Gasteiger partial charge on any atom is 0.183 e. The SMILES string of the molecule is CC1(C)C2CCC1(C(=Cc1ccccc1)S(=O)O)C(=O)C2. The largest absolute Gasteiger partial charge is 0.302 e. The first-order valence-corrected chi connectivity index (χ1v) is 8.41. The molecule has 3 unspecified atom stereocenters. The number of ketones is 1. The smallest absolute Gasteiger partial charge is 0.183 e. The highest BCUT2D eigenvalue weighted by atomic mass is 32.2. The van der Waals surface area contributed by atoms with Crippen molar-refractivity contribution in [3.05, 3.63) is 40.8 Å². The molecule has 0 heterocycles. The van der Waals surface area contributed by atoms with Crippen molar-refractivity contribution in [1.29, 1.82) is 0 Å². The van der Waals surface area contributed by atoms with Crippen LogP contribution in [0.1, 0.15) is 38.7 Å². The highest BCUT2D eigenvalue weighted by molar-refractivity contribution is 7.83. The summed E-state index contributed by atoms with van der Waals surface area (Å²) in [6.45, 7) is 4.14. The van der Waals surface area contributed by atoms with Crippen LogP contribution in [-0.2, 0) is 15.9 Å². The van der Waals surface area contributed by atoms with E-state index in [1.54, 1.807) is 6.08 Å². The summed E-state index contributed by atoms with van der Waals surface area (Å²) in [7, 11) is 0. The fraction of sp³-hybridized carbons (Fsp3) is 0.471. The first-order valence-electron chi connectivity index (χ1n) is 7.31. The summed E-state index contributed by atoms with van der Waals surface area (Å²) < 4.78 is 21.8. The van der Waals surface area contributed by atoms with Gasteiger partial charge in [-0.15, -0.1) is 0 Å². The van der Waals surface area contributed by atoms with Gasteiger partial charge < -0.3 is 4.55 Å². The lowest BCUT2D eigenvalue weighted by molar-refractivity contribution is -0.126. The third kappa shape index (κ3) is 1.96. The molecular formula is C17H20O3S. The van der Waals surface area contributed by atoms with Crippen molar-refractivity contribution in [1.82, 2.24) is 0 Å². The normalized spacial score (nSPS) is 32.4. The van der Waals surface area contributed by atoms with Crippen LogP contribution in [0.25, 0.3) is 6.08 Å². The lowest BCUT2D eigenvalue weighted by Gasteiger charge is -2.37. The Hall–Kier alpha value is -1.26. The van der Waals surface area contributed by atoms with E-state index in [0.29, 0.717) is 23.7 Å². The van der Waals surface area contributed by atoms with Crippen LogP contribution in [0.4, 0.5) is 0 Å². The Morgan fingerprint density at radius 3 is 2.48 bits per heavy atom. The molecule has 0 saturated heterocycles. The van der Waals surface area contributed by atoms with Crippen LogP contribution in [0.2, 0.25) is 0 Å². The Morgan fingerprint density at radius 2 is 2.00 bits per heavy atom. The molecule has 112 valence electrons. The van der Waals surface area contributed by atoms with Gasteiger partial charge in [-0.2, -0.15) is 0 Å². The topological polar surface area (TPSA) is 54.4 Å². The minimum absolute atomic E-state index is 0.133. The van der Waals surface area contributed by atoms with E-state index in [1.165, 1.54) is 0 Å². The number of rotatable bonds is 3. The van der Waals surface area contributed by atoms with Crippen molar-refractivity contribution in [2.75, 3.05) is 0 Å². The molecule has 2 aliphatic carbocycles. The van der Waals surface area contributed by atoms with E-state index in [0.717, 1.165) is 12.0 Å². The van der Waals surface area contributed by atoms with Gasteiger partial charge in [-0.05, 0) is 35.8 Å². The number of benzene rings is 1. The van der Waals surface area contributed by atoms with Crippen LogP contribution in [0, 0.1) is 16.7 Å². The lowest BCUT2D eigenvalue weighted by atomic mass is 9.68. The molecule has 0 aliphatic heterocycles. The fourth-order valence-corrected chi connectivity index (χ4v) is 5.29. The molecule has 4 heteroatoms. The van der Waals surface area contributed by atoms with Gasteiger partial charge in [0.2, 0.25) is 0 Å². The molecule has 2 saturated carbocycles. The third-order valence-electron chi connectivity index (χ3n) is 5.60. The predicted octanol–water partition coefficient (Wildman–Crippen LogP) is 3.64. The van der Waals surface area contributed by atoms with E-state index in [9.17, 15) is 13.6 Å². The van der Waals surface area contributed by atoms with Crippen LogP contribution < -0.4 is 0 Å². The number of hydrogen-bond acceptors (Lipinski definition) is 2. The Bertz CT molecular complexity index is 633. The second kappa shape index (κ2) is 4.89. The second-order valence-corrected chi connectivity index (χ2v) is 7.60. The molecule has 21 heavy (non-hydrogen) atoms. The van der Waals surface area contributed by atoms with Crippen molar-refractivity contribution in [2.24, 2.45) is 16.7 Å². The zero-order valence-electron chi connectivity index (χ0n) is 12.3. The number of hydrogen-bond donors (Lipinski definition) is 1. The summed E-state index contributed by atoms with van der Waals surface area (Å²) in [5.74, 6) is 0.459. The number of carbonyl (C=O) groups is 1. The van der Waals surface area contributed by atoms with Gasteiger partial charge in [0.1, 0.15) is 5.78 Å². The molecule has 2 bridgehead atoms. The summed E-state index contributed by atoms with van der Waals surface area (Å²) in [6.07, 6.45) is 3.93. The van der Waals surface area contributed by atoms with Gasteiger partial charge in [0, 0.05) is 6.42 Å². The fourth-order valence-electron chi connectivity index (χ4n) is 4.28. The van der Waals surface area contributed by atoms with Gasteiger partial charge >= 0.3 is 0 Å². The molecule has 3 atom stereocenters. The molecule has 0 radical (unpaired) electrons. The van der Waals surface area contributed by atoms with E-state index >= 15 is 0 Å². The number of carbonyl (C=O) groups excluding carboxylic acids is 1. The van der Waals surface area contributed by atoms with E-state index in [1.807, 2.05) is 30.3 Å². The Morgan fingerprint density at radius 1 is 1.33 bits per heavy atom. The summed E-state index contributed by atoms with van der Waals surface area (Å²) in [6, 6.07) is 9.47. The van der Waals surface area contributed by atoms with Crippen LogP contribution in [0.5, 0.6) is 0 Å². The van der Waals surface area contributed by atoms with Crippen molar-refractivity contribution < 1.29 is 13.6 Å². The van der Waals surface area contributed by atoms with E-state index in [2.05, 4.69) is 13.8 Å². The molecule has 3 rings (SSSR count). The zero-order chi connectivity index (χ0) is 15.3. The van der Waals surface area contributed by atoms with Gasteiger partial charge in [0.25, 0.3) is 0 Å². The molecule has 1 aromatic carbocycles. The third-order valence-corrected chi connectivity index (χ3v) is 6.44. The molecule has 0 aromatic heterocycles. The van der Waals surface area contributed by atoms with E-state index < -0.39 is 16.5 Å². The van der Waals surface area contributed by atoms with Crippen molar-refractivity contribution >= 4 is 22.9 Å². The zero-order valence-corrected chi connectivity index (χ0v) is 13.2. The summed E-state index contributed by atoms with van der Waals surface area (Å²) in [5, 5.41) is 0. The molecular weight excluding hydrogens is 284 g/mol. The minimum Gasteiger partial charge on any atom is -0.302 e. The highest BCUT2D eigenvalue weighted by Gasteiger charge is 2.66. The number of allylic oxidation sites excluding steroid dienone is 1. The van der Waals surface area contributed by atoms with Gasteiger partial charge in [0.15, 0.2) is 11.1 Å². The summed E-state index contributed by atoms with van der Waals surface area (Å²) in [5.41, 5.74) is -0.154. The van der Waals surface area contributed by atoms with Crippen LogP contribution in [0.15, 0.2) is 35.2 Å². The Kier molecular flexibility index (Phi) is 3.41. The molecule has 0 spiro atoms. The standard InChI is InChI=1S/C17H20O3S/c1-16(2)13-8-9-17(16,14(18)11-13)15(21(19)20)10-12-6-4-3-5-7-12/h3-7,10,13H,8-9,11H2,1-2H3,(H,19,20). The van der Waals surface area contributed by atoms with Crippen LogP contribution >= 0.6 is 0 Å². The number of fused-ring (bicyclic) bond motifs is 2. The monoisotopic (exact) mass is 304 g/mol. The van der Waals surface area contributed by atoms with Gasteiger partial charge in [-0.3, -0.25) is 4.79 Å².